The summed E-state index contributed by atoms with van der Waals surface area (Å²) in [6, 6.07) is 5.14. The molecule has 4 rings (SSSR count). The Kier molecular flexibility index (Phi) is 5.12. The fourth-order valence-electron chi connectivity index (χ4n) is 4.31. The fourth-order valence-corrected chi connectivity index (χ4v) is 6.26. The van der Waals surface area contributed by atoms with E-state index in [1.54, 1.807) is 13.8 Å². The summed E-state index contributed by atoms with van der Waals surface area (Å²) in [7, 11) is -1.82. The van der Waals surface area contributed by atoms with Crippen molar-refractivity contribution in [1.29, 1.82) is 0 Å². The van der Waals surface area contributed by atoms with Crippen LogP contribution in [0.4, 0.5) is 11.4 Å². The first-order valence-electron chi connectivity index (χ1n) is 9.88. The summed E-state index contributed by atoms with van der Waals surface area (Å²) >= 11 is 0. The topological polar surface area (TPSA) is 95.8 Å². The molecule has 1 fully saturated rings. The van der Waals surface area contributed by atoms with Crippen LogP contribution in [-0.4, -0.2) is 50.0 Å². The summed E-state index contributed by atoms with van der Waals surface area (Å²) < 4.78 is 32.7. The van der Waals surface area contributed by atoms with Gasteiger partial charge >= 0.3 is 0 Å². The second kappa shape index (κ2) is 7.46. The lowest BCUT2D eigenvalue weighted by atomic mass is 10.0. The number of nitrogens with one attached hydrogen (secondary N) is 1. The minimum Gasteiger partial charge on any atom is -0.374 e. The predicted molar refractivity (Wildman–Crippen MR) is 110 cm³/mol. The van der Waals surface area contributed by atoms with Crippen molar-refractivity contribution in [3.8, 4) is 0 Å². The van der Waals surface area contributed by atoms with Crippen LogP contribution in [0.25, 0.3) is 0 Å². The molecule has 1 N–H and O–H groups in total. The molecule has 0 bridgehead atoms. The number of amides is 1. The second-order valence-corrected chi connectivity index (χ2v) is 9.61. The maximum absolute atomic E-state index is 13.2. The maximum Gasteiger partial charge on any atom is 0.249 e. The SMILES string of the molecule is Cc1noc(C)c1S(=O)(=O)N1CCC[C@@H]1C(=O)Nc1ccc2c(c1)N(C)CCC2. The molecule has 0 spiro atoms. The van der Waals surface area contributed by atoms with Crippen LogP contribution < -0.4 is 10.2 Å². The van der Waals surface area contributed by atoms with Crippen molar-refractivity contribution in [1.82, 2.24) is 9.46 Å². The third-order valence-electron chi connectivity index (χ3n) is 5.74. The Morgan fingerprint density at radius 1 is 1.24 bits per heavy atom. The third-order valence-corrected chi connectivity index (χ3v) is 7.90. The molecule has 2 aromatic rings. The number of nitrogens with zero attached hydrogens (tertiary/aromatic N) is 3. The third kappa shape index (κ3) is 3.53. The molecule has 0 radical (unpaired) electrons. The number of fused-ring (bicyclic) bond motifs is 1. The van der Waals surface area contributed by atoms with Crippen LogP contribution in [0.5, 0.6) is 0 Å². The van der Waals surface area contributed by atoms with E-state index in [0.717, 1.165) is 25.1 Å². The summed E-state index contributed by atoms with van der Waals surface area (Å²) in [6.07, 6.45) is 3.26. The molecule has 0 saturated carbocycles. The molecule has 3 heterocycles. The molecular formula is C20H26N4O4S. The first-order chi connectivity index (χ1) is 13.8. The van der Waals surface area contributed by atoms with Crippen molar-refractivity contribution in [2.45, 2.75) is 50.5 Å². The van der Waals surface area contributed by atoms with Crippen LogP contribution in [0.2, 0.25) is 0 Å². The van der Waals surface area contributed by atoms with Crippen molar-refractivity contribution in [2.24, 2.45) is 0 Å². The Labute approximate surface area is 170 Å². The van der Waals surface area contributed by atoms with Crippen LogP contribution in [0.15, 0.2) is 27.6 Å². The Bertz CT molecular complexity index is 1030. The number of aryl methyl sites for hydroxylation is 3. The molecule has 9 heteroatoms. The zero-order valence-corrected chi connectivity index (χ0v) is 17.8. The zero-order valence-electron chi connectivity index (χ0n) is 16.9. The van der Waals surface area contributed by atoms with Crippen LogP contribution in [0, 0.1) is 13.8 Å². The molecule has 156 valence electrons. The van der Waals surface area contributed by atoms with E-state index in [-0.39, 0.29) is 16.6 Å². The molecule has 1 atom stereocenters. The molecule has 1 aromatic heterocycles. The average molecular weight is 419 g/mol. The van der Waals surface area contributed by atoms with Gasteiger partial charge in [-0.1, -0.05) is 11.2 Å². The van der Waals surface area contributed by atoms with Gasteiger partial charge in [-0.3, -0.25) is 4.79 Å². The van der Waals surface area contributed by atoms with Crippen LogP contribution in [0.1, 0.15) is 36.3 Å². The highest BCUT2D eigenvalue weighted by atomic mass is 32.2. The zero-order chi connectivity index (χ0) is 20.8. The number of benzene rings is 1. The van der Waals surface area contributed by atoms with Crippen LogP contribution in [-0.2, 0) is 21.2 Å². The van der Waals surface area contributed by atoms with E-state index in [9.17, 15) is 13.2 Å². The molecule has 29 heavy (non-hydrogen) atoms. The summed E-state index contributed by atoms with van der Waals surface area (Å²) in [4.78, 5) is 15.2. The second-order valence-electron chi connectivity index (χ2n) is 7.78. The van der Waals surface area contributed by atoms with Crippen molar-refractivity contribution in [3.05, 3.63) is 35.2 Å². The Hall–Kier alpha value is -2.39. The smallest absolute Gasteiger partial charge is 0.249 e. The Balaban J connectivity index is 1.57. The first-order valence-corrected chi connectivity index (χ1v) is 11.3. The number of sulfonamides is 1. The van der Waals surface area contributed by atoms with Crippen molar-refractivity contribution < 1.29 is 17.7 Å². The normalized spacial score (nSPS) is 20.0. The molecule has 0 unspecified atom stereocenters. The first kappa shape index (κ1) is 19.9. The van der Waals surface area contributed by atoms with Crippen LogP contribution >= 0.6 is 0 Å². The highest BCUT2D eigenvalue weighted by molar-refractivity contribution is 7.89. The molecule has 1 amide bonds. The average Bonchev–Trinajstić information content (AvgIpc) is 3.30. The van der Waals surface area contributed by atoms with E-state index >= 15 is 0 Å². The molecule has 2 aliphatic rings. The number of anilines is 2. The minimum atomic E-state index is -3.86. The number of rotatable bonds is 4. The van der Waals surface area contributed by atoms with Gasteiger partial charge < -0.3 is 14.7 Å². The Morgan fingerprint density at radius 3 is 2.76 bits per heavy atom. The minimum absolute atomic E-state index is 0.0626. The summed E-state index contributed by atoms with van der Waals surface area (Å²) in [5.41, 5.74) is 3.37. The number of carbonyl (C=O) groups excluding carboxylic acids is 1. The Morgan fingerprint density at radius 2 is 2.03 bits per heavy atom. The van der Waals surface area contributed by atoms with E-state index in [4.69, 9.17) is 4.52 Å². The lowest BCUT2D eigenvalue weighted by Gasteiger charge is -2.28. The summed E-state index contributed by atoms with van der Waals surface area (Å²) in [5.74, 6) is -0.0671. The number of aromatic nitrogens is 1. The van der Waals surface area contributed by atoms with Gasteiger partial charge in [0.05, 0.1) is 0 Å². The highest BCUT2D eigenvalue weighted by Gasteiger charge is 2.42. The van der Waals surface area contributed by atoms with E-state index < -0.39 is 16.1 Å². The molecule has 1 saturated heterocycles. The number of hydrogen-bond acceptors (Lipinski definition) is 6. The fraction of sp³-hybridized carbons (Fsp3) is 0.500. The van der Waals surface area contributed by atoms with Crippen molar-refractivity contribution in [2.75, 3.05) is 30.4 Å². The molecule has 8 nitrogen and oxygen atoms in total. The van der Waals surface area contributed by atoms with Crippen molar-refractivity contribution in [3.63, 3.8) is 0 Å². The van der Waals surface area contributed by atoms with Gasteiger partial charge in [0.1, 0.15) is 16.6 Å². The lowest BCUT2D eigenvalue weighted by Crippen LogP contribution is -2.43. The largest absolute Gasteiger partial charge is 0.374 e. The number of carbonyl (C=O) groups is 1. The summed E-state index contributed by atoms with van der Waals surface area (Å²) in [6.45, 7) is 4.45. The standard InChI is InChI=1S/C20H26N4O4S/c1-13-19(14(2)28-22-13)29(26,27)24-11-5-7-17(24)20(25)21-16-9-8-15-6-4-10-23(3)18(15)12-16/h8-9,12,17H,4-7,10-11H2,1-3H3,(H,21,25)/t17-/m1/s1. The van der Waals surface area contributed by atoms with E-state index in [0.29, 0.717) is 30.8 Å². The van der Waals surface area contributed by atoms with Gasteiger partial charge in [-0.15, -0.1) is 0 Å². The summed E-state index contributed by atoms with van der Waals surface area (Å²) in [5, 5.41) is 6.67. The van der Waals surface area contributed by atoms with E-state index in [1.165, 1.54) is 9.87 Å². The van der Waals surface area contributed by atoms with Gasteiger partial charge in [0.15, 0.2) is 5.76 Å². The highest BCUT2D eigenvalue weighted by Crippen LogP contribution is 2.32. The molecule has 2 aliphatic heterocycles. The van der Waals surface area contributed by atoms with Crippen molar-refractivity contribution >= 4 is 27.3 Å². The molecule has 0 aliphatic carbocycles. The monoisotopic (exact) mass is 418 g/mol. The van der Waals surface area contributed by atoms with Crippen LogP contribution in [0.3, 0.4) is 0 Å². The van der Waals surface area contributed by atoms with Gasteiger partial charge in [0.25, 0.3) is 0 Å². The van der Waals surface area contributed by atoms with Gasteiger partial charge in [-0.2, -0.15) is 4.31 Å². The predicted octanol–water partition coefficient (Wildman–Crippen LogP) is 2.47. The lowest BCUT2D eigenvalue weighted by molar-refractivity contribution is -0.119. The molecular weight excluding hydrogens is 392 g/mol. The number of hydrogen-bond donors (Lipinski definition) is 1. The van der Waals surface area contributed by atoms with E-state index in [2.05, 4.69) is 15.4 Å². The van der Waals surface area contributed by atoms with Gasteiger partial charge in [0, 0.05) is 31.5 Å². The molecule has 1 aromatic carbocycles. The maximum atomic E-state index is 13.2. The quantitative estimate of drug-likeness (QED) is 0.819. The van der Waals surface area contributed by atoms with Gasteiger partial charge in [0.2, 0.25) is 15.9 Å². The van der Waals surface area contributed by atoms with Gasteiger partial charge in [-0.25, -0.2) is 8.42 Å². The van der Waals surface area contributed by atoms with E-state index in [1.807, 2.05) is 25.2 Å². The van der Waals surface area contributed by atoms with Gasteiger partial charge in [-0.05, 0) is 57.2 Å².